The smallest absolute Gasteiger partial charge is 0.327 e. The highest BCUT2D eigenvalue weighted by atomic mass is 32.1. The monoisotopic (exact) mass is 461 g/mol. The first-order chi connectivity index (χ1) is 14.4. The average molecular weight is 462 g/mol. The minimum Gasteiger partial charge on any atom is -0.480 e. The molecule has 0 saturated carbocycles. The molecular weight excluding hydrogens is 426 g/mol. The number of aliphatic imine (C=N–C) groups is 1. The van der Waals surface area contributed by atoms with Crippen molar-refractivity contribution in [3.05, 3.63) is 0 Å². The van der Waals surface area contributed by atoms with Gasteiger partial charge in [0.1, 0.15) is 18.1 Å². The molecule has 178 valence electrons. The predicted molar refractivity (Wildman–Crippen MR) is 120 cm³/mol. The van der Waals surface area contributed by atoms with Crippen molar-refractivity contribution in [2.75, 3.05) is 12.3 Å². The number of amides is 3. The zero-order chi connectivity index (χ0) is 24.1. The van der Waals surface area contributed by atoms with Gasteiger partial charge in [-0.15, -0.1) is 0 Å². The number of nitrogens with zero attached hydrogens (tertiary/aromatic N) is 1. The lowest BCUT2D eigenvalue weighted by atomic mass is 10.0. The van der Waals surface area contributed by atoms with E-state index in [1.54, 1.807) is 0 Å². The molecule has 0 bridgehead atoms. The van der Waals surface area contributed by atoms with E-state index in [4.69, 9.17) is 22.3 Å². The highest BCUT2D eigenvalue weighted by Crippen LogP contribution is 2.04. The number of aliphatic carboxylic acids is 1. The second kappa shape index (κ2) is 14.5. The summed E-state index contributed by atoms with van der Waals surface area (Å²) in [5.41, 5.74) is 16.3. The number of guanidine groups is 1. The molecule has 0 spiro atoms. The molecule has 0 saturated heterocycles. The fourth-order valence-corrected chi connectivity index (χ4v) is 2.78. The van der Waals surface area contributed by atoms with Gasteiger partial charge >= 0.3 is 5.97 Å². The zero-order valence-electron chi connectivity index (χ0n) is 18.1. The third-order valence-electron chi connectivity index (χ3n) is 4.19. The van der Waals surface area contributed by atoms with Crippen LogP contribution in [0.25, 0.3) is 0 Å². The van der Waals surface area contributed by atoms with E-state index in [0.29, 0.717) is 12.8 Å². The predicted octanol–water partition coefficient (Wildman–Crippen LogP) is -2.10. The Morgan fingerprint density at radius 2 is 1.55 bits per heavy atom. The molecule has 0 heterocycles. The van der Waals surface area contributed by atoms with Crippen LogP contribution in [0.5, 0.6) is 0 Å². The number of carbonyl (C=O) groups excluding carboxylic acids is 3. The van der Waals surface area contributed by atoms with Crippen molar-refractivity contribution >= 4 is 42.3 Å². The number of nitrogens with one attached hydrogen (secondary N) is 3. The van der Waals surface area contributed by atoms with Crippen molar-refractivity contribution in [3.8, 4) is 0 Å². The van der Waals surface area contributed by atoms with Gasteiger partial charge in [-0.3, -0.25) is 19.4 Å². The first-order valence-corrected chi connectivity index (χ1v) is 10.6. The van der Waals surface area contributed by atoms with Gasteiger partial charge in [-0.2, -0.15) is 12.6 Å². The highest BCUT2D eigenvalue weighted by Gasteiger charge is 2.28. The number of hydrogen-bond donors (Lipinski definition) is 8. The van der Waals surface area contributed by atoms with Gasteiger partial charge in [-0.25, -0.2) is 4.79 Å². The van der Waals surface area contributed by atoms with Gasteiger partial charge in [0.25, 0.3) is 0 Å². The van der Waals surface area contributed by atoms with E-state index in [0.717, 1.165) is 0 Å². The average Bonchev–Trinajstić information content (AvgIpc) is 2.66. The van der Waals surface area contributed by atoms with Gasteiger partial charge in [0.2, 0.25) is 17.7 Å². The van der Waals surface area contributed by atoms with E-state index in [9.17, 15) is 19.2 Å². The summed E-state index contributed by atoms with van der Waals surface area (Å²) in [6.07, 6.45) is 0.936. The number of nitrogens with two attached hydrogens (primary N) is 3. The number of carboxylic acids is 1. The van der Waals surface area contributed by atoms with E-state index in [-0.39, 0.29) is 30.6 Å². The molecule has 4 atom stereocenters. The molecule has 0 aliphatic rings. The maximum atomic E-state index is 12.5. The zero-order valence-corrected chi connectivity index (χ0v) is 19.0. The highest BCUT2D eigenvalue weighted by molar-refractivity contribution is 7.80. The molecule has 0 aromatic carbocycles. The standard InChI is InChI=1S/C18H35N7O5S/c1-9(2)7-11(19)15(27)23-10(3)14(26)24-12(5-4-6-22-18(20)21)16(28)25-13(8-31)17(29)30/h9-13,31H,4-8,19H2,1-3H3,(H,23,27)(H,24,26)(H,25,28)(H,29,30)(H4,20,21,22). The molecule has 0 aliphatic heterocycles. The van der Waals surface area contributed by atoms with Crippen LogP contribution in [0, 0.1) is 5.92 Å². The quantitative estimate of drug-likeness (QED) is 0.0619. The molecule has 13 heteroatoms. The molecule has 0 radical (unpaired) electrons. The number of carbonyl (C=O) groups is 4. The summed E-state index contributed by atoms with van der Waals surface area (Å²) in [4.78, 5) is 52.2. The first-order valence-electron chi connectivity index (χ1n) is 9.94. The minimum atomic E-state index is -1.26. The van der Waals surface area contributed by atoms with E-state index in [1.165, 1.54) is 6.92 Å². The van der Waals surface area contributed by atoms with E-state index < -0.39 is 47.9 Å². The third kappa shape index (κ3) is 12.0. The summed E-state index contributed by atoms with van der Waals surface area (Å²) in [5.74, 6) is -3.09. The molecule has 3 amide bonds. The van der Waals surface area contributed by atoms with Crippen molar-refractivity contribution in [1.29, 1.82) is 0 Å². The molecule has 0 aromatic rings. The van der Waals surface area contributed by atoms with E-state index >= 15 is 0 Å². The Bertz CT molecular complexity index is 655. The molecule has 12 nitrogen and oxygen atoms in total. The molecule has 4 unspecified atom stereocenters. The summed E-state index contributed by atoms with van der Waals surface area (Å²) in [6.45, 7) is 5.51. The molecule has 0 fully saturated rings. The van der Waals surface area contributed by atoms with Crippen LogP contribution < -0.4 is 33.2 Å². The van der Waals surface area contributed by atoms with Crippen LogP contribution in [0.4, 0.5) is 0 Å². The summed E-state index contributed by atoms with van der Waals surface area (Å²) >= 11 is 3.90. The van der Waals surface area contributed by atoms with Crippen molar-refractivity contribution < 1.29 is 24.3 Å². The fraction of sp³-hybridized carbons (Fsp3) is 0.722. The van der Waals surface area contributed by atoms with Crippen LogP contribution in [0.2, 0.25) is 0 Å². The largest absolute Gasteiger partial charge is 0.480 e. The Hall–Kier alpha value is -2.54. The Morgan fingerprint density at radius 1 is 0.968 bits per heavy atom. The Morgan fingerprint density at radius 3 is 2.03 bits per heavy atom. The maximum absolute atomic E-state index is 12.5. The molecule has 31 heavy (non-hydrogen) atoms. The molecule has 0 aliphatic carbocycles. The van der Waals surface area contributed by atoms with Crippen LogP contribution in [0.3, 0.4) is 0 Å². The summed E-state index contributed by atoms with van der Waals surface area (Å²) in [5, 5.41) is 16.5. The van der Waals surface area contributed by atoms with Crippen molar-refractivity contribution in [1.82, 2.24) is 16.0 Å². The second-order valence-corrected chi connectivity index (χ2v) is 7.92. The Labute approximate surface area is 187 Å². The second-order valence-electron chi connectivity index (χ2n) is 7.56. The van der Waals surface area contributed by atoms with Crippen LogP contribution in [-0.2, 0) is 19.2 Å². The lowest BCUT2D eigenvalue weighted by Gasteiger charge is -2.23. The van der Waals surface area contributed by atoms with Gasteiger partial charge in [0.05, 0.1) is 6.04 Å². The van der Waals surface area contributed by atoms with Crippen molar-refractivity contribution in [3.63, 3.8) is 0 Å². The maximum Gasteiger partial charge on any atom is 0.327 e. The Kier molecular flexibility index (Phi) is 13.3. The van der Waals surface area contributed by atoms with Crippen molar-refractivity contribution in [2.45, 2.75) is 64.2 Å². The Balaban J connectivity index is 5.10. The number of thiol groups is 1. The summed E-state index contributed by atoms with van der Waals surface area (Å²) in [7, 11) is 0. The molecular formula is C18H35N7O5S. The van der Waals surface area contributed by atoms with Crippen LogP contribution >= 0.6 is 12.6 Å². The van der Waals surface area contributed by atoms with Crippen molar-refractivity contribution in [2.24, 2.45) is 28.1 Å². The molecule has 0 rings (SSSR count). The summed E-state index contributed by atoms with van der Waals surface area (Å²) < 4.78 is 0. The van der Waals surface area contributed by atoms with Gasteiger partial charge < -0.3 is 38.3 Å². The number of rotatable bonds is 14. The lowest BCUT2D eigenvalue weighted by molar-refractivity contribution is -0.141. The minimum absolute atomic E-state index is 0.111. The first kappa shape index (κ1) is 28.5. The summed E-state index contributed by atoms with van der Waals surface area (Å²) in [6, 6.07) is -4.01. The normalized spacial score (nSPS) is 14.6. The van der Waals surface area contributed by atoms with E-state index in [2.05, 4.69) is 33.6 Å². The molecule has 0 aromatic heterocycles. The van der Waals surface area contributed by atoms with Gasteiger partial charge in [0.15, 0.2) is 5.96 Å². The topological polar surface area (TPSA) is 215 Å². The van der Waals surface area contributed by atoms with Crippen LogP contribution in [0.1, 0.15) is 40.0 Å². The molecule has 10 N–H and O–H groups in total. The van der Waals surface area contributed by atoms with Crippen LogP contribution in [0.15, 0.2) is 4.99 Å². The van der Waals surface area contributed by atoms with E-state index in [1.807, 2.05) is 13.8 Å². The lowest BCUT2D eigenvalue weighted by Crippen LogP contribution is -2.56. The fourth-order valence-electron chi connectivity index (χ4n) is 2.53. The van der Waals surface area contributed by atoms with Gasteiger partial charge in [-0.1, -0.05) is 13.8 Å². The SMILES string of the molecule is CC(C)CC(N)C(=O)NC(C)C(=O)NC(CCCN=C(N)N)C(=O)NC(CS)C(=O)O. The van der Waals surface area contributed by atoms with Gasteiger partial charge in [-0.05, 0) is 32.1 Å². The van der Waals surface area contributed by atoms with Gasteiger partial charge in [0, 0.05) is 12.3 Å². The number of carboxylic acid groups (broad SMARTS) is 1. The third-order valence-corrected chi connectivity index (χ3v) is 4.55. The number of hydrogen-bond acceptors (Lipinski definition) is 7. The van der Waals surface area contributed by atoms with Crippen LogP contribution in [-0.4, -0.2) is 71.2 Å².